The van der Waals surface area contributed by atoms with E-state index in [2.05, 4.69) is 14.1 Å². The first-order chi connectivity index (χ1) is 9.91. The molecule has 0 aromatic carbocycles. The maximum atomic E-state index is 12.7. The highest BCUT2D eigenvalue weighted by Gasteiger charge is 2.39. The average Bonchev–Trinajstić information content (AvgIpc) is 2.83. The third-order valence-electron chi connectivity index (χ3n) is 3.53. The molecule has 0 saturated carbocycles. The quantitative estimate of drug-likeness (QED) is 0.570. The molecule has 2 atom stereocenters. The minimum atomic E-state index is -3.44. The van der Waals surface area contributed by atoms with Gasteiger partial charge in [0.25, 0.3) is 10.0 Å². The Balaban J connectivity index is 2.35. The fourth-order valence-electron chi connectivity index (χ4n) is 2.40. The van der Waals surface area contributed by atoms with E-state index in [-0.39, 0.29) is 6.04 Å². The van der Waals surface area contributed by atoms with E-state index in [1.54, 1.807) is 17.5 Å². The lowest BCUT2D eigenvalue weighted by Crippen LogP contribution is -2.43. The van der Waals surface area contributed by atoms with Crippen molar-refractivity contribution < 1.29 is 13.2 Å². The fourth-order valence-corrected chi connectivity index (χ4v) is 6.26. The highest BCUT2D eigenvalue weighted by atomic mass is 35.5. The van der Waals surface area contributed by atoms with Crippen LogP contribution >= 0.6 is 32.3 Å². The first kappa shape index (κ1) is 17.6. The molecule has 0 bridgehead atoms. The van der Waals surface area contributed by atoms with E-state index >= 15 is 0 Å². The van der Waals surface area contributed by atoms with Crippen molar-refractivity contribution in [3.8, 4) is 0 Å². The van der Waals surface area contributed by atoms with Gasteiger partial charge in [0.1, 0.15) is 4.21 Å². The molecular weight excluding hydrogens is 351 g/mol. The summed E-state index contributed by atoms with van der Waals surface area (Å²) in [6.07, 6.45) is 0.680. The Morgan fingerprint density at radius 3 is 2.95 bits per heavy atom. The smallest absolute Gasteiger partial charge is 0.253 e. The molecule has 1 aliphatic heterocycles. The number of halogens is 1. The van der Waals surface area contributed by atoms with E-state index in [0.717, 1.165) is 23.4 Å². The van der Waals surface area contributed by atoms with Gasteiger partial charge in [0.2, 0.25) is 0 Å². The third kappa shape index (κ3) is 3.61. The van der Waals surface area contributed by atoms with Gasteiger partial charge in [-0.05, 0) is 19.0 Å². The highest BCUT2D eigenvalue weighted by molar-refractivity contribution is 7.91. The van der Waals surface area contributed by atoms with Crippen LogP contribution in [-0.2, 0) is 14.8 Å². The molecule has 2 rings (SSSR count). The number of methoxy groups -OCH3 is 1. The van der Waals surface area contributed by atoms with Gasteiger partial charge in [-0.2, -0.15) is 4.31 Å². The van der Waals surface area contributed by atoms with Crippen LogP contribution in [0.5, 0.6) is 0 Å². The molecule has 0 saturated heterocycles. The number of nitrogens with zero attached hydrogens (tertiary/aromatic N) is 2. The van der Waals surface area contributed by atoms with E-state index in [1.165, 1.54) is 0 Å². The zero-order valence-corrected chi connectivity index (χ0v) is 15.6. The summed E-state index contributed by atoms with van der Waals surface area (Å²) in [5.41, 5.74) is 0.810. The van der Waals surface area contributed by atoms with Gasteiger partial charge in [-0.1, -0.05) is 27.9 Å². The largest absolute Gasteiger partial charge is 0.385 e. The zero-order valence-electron chi connectivity index (χ0n) is 12.1. The highest BCUT2D eigenvalue weighted by Crippen LogP contribution is 2.43. The van der Waals surface area contributed by atoms with E-state index in [9.17, 15) is 8.42 Å². The van der Waals surface area contributed by atoms with Crippen LogP contribution in [0.15, 0.2) is 10.3 Å². The van der Waals surface area contributed by atoms with Crippen LogP contribution in [-0.4, -0.2) is 50.7 Å². The summed E-state index contributed by atoms with van der Waals surface area (Å²) in [5, 5.41) is 0. The van der Waals surface area contributed by atoms with Crippen molar-refractivity contribution in [1.29, 1.82) is 0 Å². The Bertz CT molecular complexity index is 593. The first-order valence-electron chi connectivity index (χ1n) is 6.71. The minimum Gasteiger partial charge on any atom is -0.385 e. The van der Waals surface area contributed by atoms with Crippen molar-refractivity contribution in [2.24, 2.45) is 0 Å². The summed E-state index contributed by atoms with van der Waals surface area (Å²) in [4.78, 5) is 0. The van der Waals surface area contributed by atoms with Crippen LogP contribution in [0, 0.1) is 0 Å². The molecule has 120 valence electrons. The van der Waals surface area contributed by atoms with Crippen LogP contribution in [0.1, 0.15) is 24.9 Å². The van der Waals surface area contributed by atoms with Gasteiger partial charge < -0.3 is 4.74 Å². The molecule has 0 amide bonds. The Morgan fingerprint density at radius 2 is 2.33 bits per heavy atom. The molecular formula is C12H20ClN2O3PS2. The molecule has 0 radical (unpaired) electrons. The molecule has 1 aromatic heterocycles. The molecule has 1 aromatic rings. The monoisotopic (exact) mass is 370 g/mol. The minimum absolute atomic E-state index is 0.0184. The number of ether oxygens (including phenoxy) is 1. The number of fused-ring (bicyclic) bond motifs is 1. The summed E-state index contributed by atoms with van der Waals surface area (Å²) < 4.78 is 34.9. The molecule has 0 spiro atoms. The molecule has 0 N–H and O–H groups in total. The number of rotatable bonds is 6. The Hall–Kier alpha value is 0.250. The number of hydrogen-bond acceptors (Lipinski definition) is 5. The molecule has 9 heteroatoms. The number of sulfonamides is 1. The first-order valence-corrected chi connectivity index (χ1v) is 9.86. The van der Waals surface area contributed by atoms with Gasteiger partial charge >= 0.3 is 0 Å². The van der Waals surface area contributed by atoms with Crippen LogP contribution in [0.4, 0.5) is 0 Å². The second-order valence-electron chi connectivity index (χ2n) is 4.85. The van der Waals surface area contributed by atoms with E-state index in [1.807, 2.05) is 6.92 Å². The molecule has 1 aliphatic rings. The number of thiophene rings is 1. The molecule has 1 unspecified atom stereocenters. The Morgan fingerprint density at radius 1 is 1.62 bits per heavy atom. The second-order valence-corrected chi connectivity index (χ2v) is 9.33. The topological polar surface area (TPSA) is 49.9 Å². The summed E-state index contributed by atoms with van der Waals surface area (Å²) in [6.45, 7) is 4.31. The van der Waals surface area contributed by atoms with E-state index in [0.29, 0.717) is 34.7 Å². The average molecular weight is 371 g/mol. The van der Waals surface area contributed by atoms with Gasteiger partial charge in [0, 0.05) is 32.4 Å². The van der Waals surface area contributed by atoms with E-state index in [4.69, 9.17) is 16.3 Å². The van der Waals surface area contributed by atoms with Gasteiger partial charge in [0.05, 0.1) is 10.4 Å². The molecule has 21 heavy (non-hydrogen) atoms. The summed E-state index contributed by atoms with van der Waals surface area (Å²) >= 11 is 7.20. The van der Waals surface area contributed by atoms with Crippen molar-refractivity contribution >= 4 is 42.4 Å². The summed E-state index contributed by atoms with van der Waals surface area (Å²) in [6, 6.07) is 1.80. The molecule has 0 aliphatic carbocycles. The SMILES string of the molecule is CCN(P)[C@H]1CN(CCCOC)S(=O)(=O)c2sc(Cl)cc21. The molecule has 2 heterocycles. The third-order valence-corrected chi connectivity index (χ3v) is 7.92. The second kappa shape index (κ2) is 7.21. The lowest BCUT2D eigenvalue weighted by molar-refractivity contribution is 0.182. The van der Waals surface area contributed by atoms with Crippen LogP contribution in [0.2, 0.25) is 4.34 Å². The van der Waals surface area contributed by atoms with Crippen molar-refractivity contribution in [2.75, 3.05) is 33.4 Å². The zero-order chi connectivity index (χ0) is 15.6. The van der Waals surface area contributed by atoms with Crippen LogP contribution < -0.4 is 0 Å². The normalized spacial score (nSPS) is 21.7. The maximum absolute atomic E-state index is 12.7. The van der Waals surface area contributed by atoms with Crippen molar-refractivity contribution in [3.05, 3.63) is 16.0 Å². The standard InChI is InChI=1S/C12H20ClN2O3PS2/c1-3-15(19)10-8-14(5-4-6-18-2)21(16,17)12-9(10)7-11(13)20-12/h7,10H,3-6,8,19H2,1-2H3/t10-/m0/s1. The maximum Gasteiger partial charge on any atom is 0.253 e. The Labute approximate surface area is 137 Å². The molecule has 5 nitrogen and oxygen atoms in total. The van der Waals surface area contributed by atoms with Gasteiger partial charge in [-0.25, -0.2) is 8.42 Å². The molecule has 0 fully saturated rings. The Kier molecular flexibility index (Phi) is 6.05. The predicted molar refractivity (Wildman–Crippen MR) is 89.4 cm³/mol. The number of hydrogen-bond donors (Lipinski definition) is 0. The van der Waals surface area contributed by atoms with E-state index < -0.39 is 10.0 Å². The lowest BCUT2D eigenvalue weighted by atomic mass is 10.1. The van der Waals surface area contributed by atoms with Crippen LogP contribution in [0.25, 0.3) is 0 Å². The lowest BCUT2D eigenvalue weighted by Gasteiger charge is -2.36. The van der Waals surface area contributed by atoms with Crippen molar-refractivity contribution in [1.82, 2.24) is 8.98 Å². The predicted octanol–water partition coefficient (Wildman–Crippen LogP) is 2.60. The summed E-state index contributed by atoms with van der Waals surface area (Å²) in [7, 11) is 0.851. The van der Waals surface area contributed by atoms with Gasteiger partial charge in [-0.15, -0.1) is 11.3 Å². The summed E-state index contributed by atoms with van der Waals surface area (Å²) in [5.74, 6) is 0. The van der Waals surface area contributed by atoms with Gasteiger partial charge in [-0.3, -0.25) is 4.67 Å². The van der Waals surface area contributed by atoms with Crippen molar-refractivity contribution in [2.45, 2.75) is 23.6 Å². The van der Waals surface area contributed by atoms with Crippen LogP contribution in [0.3, 0.4) is 0 Å². The number of likely N-dealkylation sites (N-methyl/N-ethyl adjacent to an activating group) is 1. The van der Waals surface area contributed by atoms with Crippen molar-refractivity contribution in [3.63, 3.8) is 0 Å². The fraction of sp³-hybridized carbons (Fsp3) is 0.667. The van der Waals surface area contributed by atoms with Gasteiger partial charge in [0.15, 0.2) is 0 Å².